The monoisotopic (exact) mass is 226 g/mol. The quantitative estimate of drug-likeness (QED) is 0.857. The van der Waals surface area contributed by atoms with E-state index in [-0.39, 0.29) is 12.5 Å². The highest BCUT2D eigenvalue weighted by atomic mass is 19.1. The van der Waals surface area contributed by atoms with Gasteiger partial charge in [0, 0.05) is 18.1 Å². The summed E-state index contributed by atoms with van der Waals surface area (Å²) in [6.45, 7) is 2.31. The van der Waals surface area contributed by atoms with Crippen LogP contribution >= 0.6 is 0 Å². The molecule has 1 aromatic carbocycles. The molecule has 0 aliphatic carbocycles. The third-order valence-electron chi connectivity index (χ3n) is 2.69. The molecule has 0 saturated heterocycles. The maximum absolute atomic E-state index is 12.7. The molecule has 1 N–H and O–H groups in total. The van der Waals surface area contributed by atoms with Crippen LogP contribution < -0.4 is 9.47 Å². The average molecular weight is 226 g/mol. The fourth-order valence-electron chi connectivity index (χ4n) is 1.78. The van der Waals surface area contributed by atoms with Crippen molar-refractivity contribution in [2.24, 2.45) is 0 Å². The van der Waals surface area contributed by atoms with Crippen molar-refractivity contribution in [1.82, 2.24) is 0 Å². The molecule has 88 valence electrons. The van der Waals surface area contributed by atoms with Gasteiger partial charge in [0.2, 0.25) is 0 Å². The number of alkyl halides is 1. The van der Waals surface area contributed by atoms with Crippen LogP contribution in [0.4, 0.5) is 4.39 Å². The van der Waals surface area contributed by atoms with E-state index in [1.807, 2.05) is 6.92 Å². The van der Waals surface area contributed by atoms with Gasteiger partial charge in [0.1, 0.15) is 19.9 Å². The molecule has 0 bridgehead atoms. The maximum Gasteiger partial charge on any atom is 0.164 e. The summed E-state index contributed by atoms with van der Waals surface area (Å²) in [5.74, 6) is 1.14. The largest absolute Gasteiger partial charge is 0.486 e. The van der Waals surface area contributed by atoms with E-state index in [1.54, 1.807) is 12.1 Å². The second-order valence-electron chi connectivity index (χ2n) is 3.93. The van der Waals surface area contributed by atoms with Gasteiger partial charge in [0.15, 0.2) is 11.5 Å². The number of rotatable bonds is 3. The van der Waals surface area contributed by atoms with Gasteiger partial charge in [-0.3, -0.25) is 0 Å². The summed E-state index contributed by atoms with van der Waals surface area (Å²) in [6, 6.07) is 3.39. The normalized spacial score (nSPS) is 15.9. The van der Waals surface area contributed by atoms with Gasteiger partial charge in [-0.15, -0.1) is 0 Å². The Hall–Kier alpha value is -1.29. The lowest BCUT2D eigenvalue weighted by molar-refractivity contribution is 0.167. The van der Waals surface area contributed by atoms with Gasteiger partial charge in [0.25, 0.3) is 0 Å². The molecule has 16 heavy (non-hydrogen) atoms. The molecule has 0 fully saturated rings. The molecule has 0 aromatic heterocycles. The van der Waals surface area contributed by atoms with E-state index in [2.05, 4.69) is 0 Å². The summed E-state index contributed by atoms with van der Waals surface area (Å²) >= 11 is 0. The summed E-state index contributed by atoms with van der Waals surface area (Å²) < 4.78 is 23.6. The first-order valence-electron chi connectivity index (χ1n) is 5.35. The second kappa shape index (κ2) is 4.70. The zero-order valence-electron chi connectivity index (χ0n) is 9.20. The number of benzene rings is 1. The number of aliphatic hydroxyl groups is 1. The van der Waals surface area contributed by atoms with Gasteiger partial charge >= 0.3 is 0 Å². The highest BCUT2D eigenvalue weighted by molar-refractivity contribution is 5.51. The molecule has 4 heteroatoms. The maximum atomic E-state index is 12.7. The van der Waals surface area contributed by atoms with Crippen LogP contribution in [0.2, 0.25) is 0 Å². The third-order valence-corrected chi connectivity index (χ3v) is 2.69. The molecular weight excluding hydrogens is 211 g/mol. The standard InChI is InChI=1S/C12H15FO3/c1-8(7-14)10-4-9(6-13)5-11-12(10)16-3-2-15-11/h4-5,8,14H,2-3,6-7H2,1H3. The molecular formula is C12H15FO3. The Balaban J connectivity index is 2.47. The van der Waals surface area contributed by atoms with Gasteiger partial charge in [-0.1, -0.05) is 6.92 Å². The highest BCUT2D eigenvalue weighted by Crippen LogP contribution is 2.39. The summed E-state index contributed by atoms with van der Waals surface area (Å²) in [5, 5.41) is 9.16. The molecule has 2 rings (SSSR count). The average Bonchev–Trinajstić information content (AvgIpc) is 2.36. The van der Waals surface area contributed by atoms with E-state index in [0.29, 0.717) is 30.3 Å². The zero-order valence-corrected chi connectivity index (χ0v) is 9.20. The van der Waals surface area contributed by atoms with E-state index in [4.69, 9.17) is 14.6 Å². The van der Waals surface area contributed by atoms with Crippen LogP contribution in [0.5, 0.6) is 11.5 Å². The van der Waals surface area contributed by atoms with Crippen LogP contribution in [0.25, 0.3) is 0 Å². The molecule has 0 amide bonds. The predicted octanol–water partition coefficient (Wildman–Crippen LogP) is 2.02. The van der Waals surface area contributed by atoms with Crippen molar-refractivity contribution in [3.63, 3.8) is 0 Å². The fourth-order valence-corrected chi connectivity index (χ4v) is 1.78. The van der Waals surface area contributed by atoms with E-state index in [0.717, 1.165) is 5.56 Å². The fraction of sp³-hybridized carbons (Fsp3) is 0.500. The van der Waals surface area contributed by atoms with Crippen molar-refractivity contribution in [3.05, 3.63) is 23.3 Å². The number of ether oxygens (including phenoxy) is 2. The minimum Gasteiger partial charge on any atom is -0.486 e. The molecule has 1 heterocycles. The van der Waals surface area contributed by atoms with Gasteiger partial charge in [0.05, 0.1) is 0 Å². The topological polar surface area (TPSA) is 38.7 Å². The molecule has 1 unspecified atom stereocenters. The first-order valence-corrected chi connectivity index (χ1v) is 5.35. The molecule has 0 spiro atoms. The van der Waals surface area contributed by atoms with E-state index in [9.17, 15) is 4.39 Å². The van der Waals surface area contributed by atoms with E-state index in [1.165, 1.54) is 0 Å². The van der Waals surface area contributed by atoms with Gasteiger partial charge in [-0.2, -0.15) is 0 Å². The van der Waals surface area contributed by atoms with Gasteiger partial charge < -0.3 is 14.6 Å². The second-order valence-corrected chi connectivity index (χ2v) is 3.93. The van der Waals surface area contributed by atoms with Crippen molar-refractivity contribution >= 4 is 0 Å². The van der Waals surface area contributed by atoms with Crippen molar-refractivity contribution < 1.29 is 19.0 Å². The summed E-state index contributed by atoms with van der Waals surface area (Å²) in [4.78, 5) is 0. The number of hydrogen-bond acceptors (Lipinski definition) is 3. The Kier molecular flexibility index (Phi) is 3.29. The lowest BCUT2D eigenvalue weighted by Crippen LogP contribution is -2.18. The Bertz CT molecular complexity index is 379. The van der Waals surface area contributed by atoms with Gasteiger partial charge in [-0.05, 0) is 17.7 Å². The van der Waals surface area contributed by atoms with Crippen LogP contribution in [0.3, 0.4) is 0 Å². The van der Waals surface area contributed by atoms with Crippen LogP contribution in [0, 0.1) is 0 Å². The number of halogens is 1. The van der Waals surface area contributed by atoms with Crippen molar-refractivity contribution in [2.45, 2.75) is 19.5 Å². The smallest absolute Gasteiger partial charge is 0.164 e. The zero-order chi connectivity index (χ0) is 11.5. The molecule has 0 saturated carbocycles. The highest BCUT2D eigenvalue weighted by Gasteiger charge is 2.20. The van der Waals surface area contributed by atoms with E-state index < -0.39 is 6.67 Å². The van der Waals surface area contributed by atoms with Crippen LogP contribution in [0.15, 0.2) is 12.1 Å². The van der Waals surface area contributed by atoms with Crippen molar-refractivity contribution in [2.75, 3.05) is 19.8 Å². The van der Waals surface area contributed by atoms with Crippen LogP contribution in [-0.4, -0.2) is 24.9 Å². The first-order chi connectivity index (χ1) is 7.76. The Morgan fingerprint density at radius 3 is 2.81 bits per heavy atom. The molecule has 1 aromatic rings. The van der Waals surface area contributed by atoms with Crippen molar-refractivity contribution in [3.8, 4) is 11.5 Å². The third kappa shape index (κ3) is 1.97. The molecule has 0 radical (unpaired) electrons. The summed E-state index contributed by atoms with van der Waals surface area (Å²) in [6.07, 6.45) is 0. The Morgan fingerprint density at radius 1 is 1.38 bits per heavy atom. The number of fused-ring (bicyclic) bond motifs is 1. The van der Waals surface area contributed by atoms with Crippen LogP contribution in [0.1, 0.15) is 24.0 Å². The Morgan fingerprint density at radius 2 is 2.12 bits per heavy atom. The Labute approximate surface area is 93.8 Å². The first kappa shape index (κ1) is 11.2. The molecule has 1 atom stereocenters. The lowest BCUT2D eigenvalue weighted by atomic mass is 9.98. The number of aliphatic hydroxyl groups excluding tert-OH is 1. The minimum absolute atomic E-state index is 0.00550. The van der Waals surface area contributed by atoms with E-state index >= 15 is 0 Å². The van der Waals surface area contributed by atoms with Gasteiger partial charge in [-0.25, -0.2) is 4.39 Å². The predicted molar refractivity (Wildman–Crippen MR) is 57.7 cm³/mol. The molecule has 1 aliphatic heterocycles. The summed E-state index contributed by atoms with van der Waals surface area (Å²) in [7, 11) is 0. The SMILES string of the molecule is CC(CO)c1cc(CF)cc2c1OCCO2. The minimum atomic E-state index is -0.540. The molecule has 3 nitrogen and oxygen atoms in total. The lowest BCUT2D eigenvalue weighted by Gasteiger charge is -2.23. The van der Waals surface area contributed by atoms with Crippen molar-refractivity contribution in [1.29, 1.82) is 0 Å². The number of hydrogen-bond donors (Lipinski definition) is 1. The molecule has 1 aliphatic rings. The summed E-state index contributed by atoms with van der Waals surface area (Å²) in [5.41, 5.74) is 1.37. The van der Waals surface area contributed by atoms with Crippen LogP contribution in [-0.2, 0) is 6.67 Å².